The zero-order valence-electron chi connectivity index (χ0n) is 8.82. The first-order valence-corrected chi connectivity index (χ1v) is 4.66. The predicted octanol–water partition coefficient (Wildman–Crippen LogP) is 1.21. The van der Waals surface area contributed by atoms with Crippen molar-refractivity contribution < 1.29 is 22.8 Å². The molecule has 0 aliphatic carbocycles. The zero-order valence-corrected chi connectivity index (χ0v) is 8.82. The lowest BCUT2D eigenvalue weighted by molar-refractivity contribution is -0.137. The maximum Gasteiger partial charge on any atom is 0.492 e. The number of halogens is 3. The average Bonchev–Trinajstić information content (AvgIpc) is 2.15. The molecule has 0 spiro atoms. The van der Waals surface area contributed by atoms with E-state index in [-0.39, 0.29) is 11.6 Å². The Bertz CT molecular complexity index is 357. The van der Waals surface area contributed by atoms with Crippen molar-refractivity contribution in [3.05, 3.63) is 24.0 Å². The lowest BCUT2D eigenvalue weighted by atomic mass is 9.80. The molecule has 0 radical (unpaired) electrons. The van der Waals surface area contributed by atoms with E-state index in [4.69, 9.17) is 4.65 Å². The number of hydrogen-bond acceptors (Lipinski definition) is 3. The SMILES string of the molecule is CC(C)OB(O)c1cncc(C(F)(F)F)c1. The Kier molecular flexibility index (Phi) is 3.93. The van der Waals surface area contributed by atoms with Crippen LogP contribution in [0.5, 0.6) is 0 Å². The second kappa shape index (κ2) is 4.84. The minimum Gasteiger partial charge on any atom is -0.423 e. The minimum atomic E-state index is -4.47. The highest BCUT2D eigenvalue weighted by Gasteiger charge is 2.32. The molecule has 16 heavy (non-hydrogen) atoms. The normalized spacial score (nSPS) is 11.9. The summed E-state index contributed by atoms with van der Waals surface area (Å²) in [5.41, 5.74) is -0.917. The van der Waals surface area contributed by atoms with Crippen molar-refractivity contribution in [1.82, 2.24) is 4.98 Å². The minimum absolute atomic E-state index is 0.0106. The van der Waals surface area contributed by atoms with E-state index >= 15 is 0 Å². The van der Waals surface area contributed by atoms with Gasteiger partial charge in [0, 0.05) is 24.0 Å². The van der Waals surface area contributed by atoms with Gasteiger partial charge in [-0.05, 0) is 19.9 Å². The Hall–Kier alpha value is -1.08. The third-order valence-electron chi connectivity index (χ3n) is 1.77. The molecular formula is C9H11BF3NO2. The van der Waals surface area contributed by atoms with Gasteiger partial charge in [-0.25, -0.2) is 0 Å². The predicted molar refractivity (Wildman–Crippen MR) is 53.1 cm³/mol. The maximum absolute atomic E-state index is 12.3. The summed E-state index contributed by atoms with van der Waals surface area (Å²) < 4.78 is 41.9. The van der Waals surface area contributed by atoms with E-state index < -0.39 is 18.9 Å². The van der Waals surface area contributed by atoms with Crippen molar-refractivity contribution in [2.24, 2.45) is 0 Å². The Morgan fingerprint density at radius 3 is 2.50 bits per heavy atom. The van der Waals surface area contributed by atoms with Crippen LogP contribution >= 0.6 is 0 Å². The van der Waals surface area contributed by atoms with Gasteiger partial charge in [-0.15, -0.1) is 0 Å². The molecule has 1 aromatic heterocycles. The van der Waals surface area contributed by atoms with Gasteiger partial charge in [0.15, 0.2) is 0 Å². The van der Waals surface area contributed by atoms with Crippen LogP contribution in [0.25, 0.3) is 0 Å². The average molecular weight is 233 g/mol. The molecule has 0 bridgehead atoms. The van der Waals surface area contributed by atoms with E-state index in [0.29, 0.717) is 6.20 Å². The Morgan fingerprint density at radius 2 is 2.00 bits per heavy atom. The first kappa shape index (κ1) is 13.0. The van der Waals surface area contributed by atoms with Gasteiger partial charge in [0.2, 0.25) is 0 Å². The van der Waals surface area contributed by atoms with Crippen LogP contribution in [0.2, 0.25) is 0 Å². The molecule has 0 atom stereocenters. The summed E-state index contributed by atoms with van der Waals surface area (Å²) >= 11 is 0. The number of hydrogen-bond donors (Lipinski definition) is 1. The van der Waals surface area contributed by atoms with Crippen LogP contribution in [0, 0.1) is 0 Å². The molecule has 3 nitrogen and oxygen atoms in total. The van der Waals surface area contributed by atoms with Crippen LogP contribution in [-0.4, -0.2) is 23.2 Å². The second-order valence-electron chi connectivity index (χ2n) is 3.54. The van der Waals surface area contributed by atoms with E-state index in [1.807, 2.05) is 0 Å². The molecule has 1 heterocycles. The van der Waals surface area contributed by atoms with Crippen molar-refractivity contribution >= 4 is 12.6 Å². The Morgan fingerprint density at radius 1 is 1.38 bits per heavy atom. The third kappa shape index (κ3) is 3.50. The fraction of sp³-hybridized carbons (Fsp3) is 0.444. The van der Waals surface area contributed by atoms with E-state index in [0.717, 1.165) is 12.3 Å². The van der Waals surface area contributed by atoms with Crippen LogP contribution in [0.4, 0.5) is 13.2 Å². The fourth-order valence-electron chi connectivity index (χ4n) is 1.08. The molecule has 0 aliphatic heterocycles. The summed E-state index contributed by atoms with van der Waals surface area (Å²) in [6.45, 7) is 3.34. The zero-order chi connectivity index (χ0) is 12.3. The molecule has 1 rings (SSSR count). The molecule has 88 valence electrons. The summed E-state index contributed by atoms with van der Waals surface area (Å²) in [7, 11) is -1.39. The quantitative estimate of drug-likeness (QED) is 0.798. The second-order valence-corrected chi connectivity index (χ2v) is 3.54. The highest BCUT2D eigenvalue weighted by molar-refractivity contribution is 6.59. The molecule has 0 fully saturated rings. The monoisotopic (exact) mass is 233 g/mol. The molecule has 1 aromatic rings. The topological polar surface area (TPSA) is 42.4 Å². The molecule has 1 N–H and O–H groups in total. The van der Waals surface area contributed by atoms with Crippen molar-refractivity contribution in [3.63, 3.8) is 0 Å². The van der Waals surface area contributed by atoms with Crippen LogP contribution in [0.3, 0.4) is 0 Å². The Labute approximate surface area is 91.4 Å². The van der Waals surface area contributed by atoms with E-state index in [9.17, 15) is 18.2 Å². The first-order valence-electron chi connectivity index (χ1n) is 4.66. The molecule has 0 aromatic carbocycles. The number of alkyl halides is 3. The van der Waals surface area contributed by atoms with Gasteiger partial charge >= 0.3 is 13.3 Å². The molecular weight excluding hydrogens is 222 g/mol. The first-order chi connectivity index (χ1) is 7.30. The Balaban J connectivity index is 2.90. The van der Waals surface area contributed by atoms with Crippen molar-refractivity contribution in [1.29, 1.82) is 0 Å². The van der Waals surface area contributed by atoms with E-state index in [1.54, 1.807) is 13.8 Å². The summed E-state index contributed by atoms with van der Waals surface area (Å²) in [6, 6.07) is 0.819. The van der Waals surface area contributed by atoms with Gasteiger partial charge in [-0.1, -0.05) is 0 Å². The molecule has 7 heteroatoms. The summed E-state index contributed by atoms with van der Waals surface area (Å²) in [6.07, 6.45) is -2.92. The molecule has 0 unspecified atom stereocenters. The van der Waals surface area contributed by atoms with Gasteiger partial charge in [0.25, 0.3) is 0 Å². The highest BCUT2D eigenvalue weighted by atomic mass is 19.4. The lowest BCUT2D eigenvalue weighted by Crippen LogP contribution is -2.36. The molecule has 0 saturated carbocycles. The smallest absolute Gasteiger partial charge is 0.423 e. The van der Waals surface area contributed by atoms with Gasteiger partial charge in [-0.3, -0.25) is 4.98 Å². The van der Waals surface area contributed by atoms with E-state index in [1.165, 1.54) is 0 Å². The van der Waals surface area contributed by atoms with Gasteiger partial charge < -0.3 is 9.68 Å². The standard InChI is InChI=1S/C9H11BF3NO2/c1-6(2)16-10(15)8-3-7(4-14-5-8)9(11,12)13/h3-6,15H,1-2H3. The summed E-state index contributed by atoms with van der Waals surface area (Å²) in [5.74, 6) is 0. The van der Waals surface area contributed by atoms with Crippen LogP contribution < -0.4 is 5.46 Å². The van der Waals surface area contributed by atoms with Gasteiger partial charge in [0.1, 0.15) is 0 Å². The van der Waals surface area contributed by atoms with Crippen LogP contribution in [-0.2, 0) is 10.8 Å². The van der Waals surface area contributed by atoms with Crippen molar-refractivity contribution in [2.45, 2.75) is 26.1 Å². The molecule has 0 saturated heterocycles. The van der Waals surface area contributed by atoms with Crippen molar-refractivity contribution in [3.8, 4) is 0 Å². The van der Waals surface area contributed by atoms with Crippen molar-refractivity contribution in [2.75, 3.05) is 0 Å². The summed E-state index contributed by atoms with van der Waals surface area (Å²) in [4.78, 5) is 3.42. The summed E-state index contributed by atoms with van der Waals surface area (Å²) in [5, 5.41) is 9.45. The van der Waals surface area contributed by atoms with Gasteiger partial charge in [-0.2, -0.15) is 13.2 Å². The number of nitrogens with zero attached hydrogens (tertiary/aromatic N) is 1. The van der Waals surface area contributed by atoms with Gasteiger partial charge in [0.05, 0.1) is 5.56 Å². The maximum atomic E-state index is 12.3. The fourth-order valence-corrected chi connectivity index (χ4v) is 1.08. The number of aromatic nitrogens is 1. The number of pyridine rings is 1. The number of rotatable bonds is 3. The van der Waals surface area contributed by atoms with Crippen LogP contribution in [0.1, 0.15) is 19.4 Å². The lowest BCUT2D eigenvalue weighted by Gasteiger charge is -2.12. The third-order valence-corrected chi connectivity index (χ3v) is 1.77. The van der Waals surface area contributed by atoms with Crippen LogP contribution in [0.15, 0.2) is 18.5 Å². The molecule has 0 amide bonds. The highest BCUT2D eigenvalue weighted by Crippen LogP contribution is 2.27. The van der Waals surface area contributed by atoms with E-state index in [2.05, 4.69) is 4.98 Å². The molecule has 0 aliphatic rings. The largest absolute Gasteiger partial charge is 0.492 e.